The molecule has 0 N–H and O–H groups in total. The van der Waals surface area contributed by atoms with E-state index in [0.29, 0.717) is 17.2 Å². The van der Waals surface area contributed by atoms with Crippen LogP contribution in [0.1, 0.15) is 15.2 Å². The molecule has 138 valence electrons. The lowest BCUT2D eigenvalue weighted by Crippen LogP contribution is -2.25. The molecular weight excluding hydrogens is 382 g/mol. The van der Waals surface area contributed by atoms with Gasteiger partial charge >= 0.3 is 0 Å². The van der Waals surface area contributed by atoms with Gasteiger partial charge < -0.3 is 9.64 Å². The van der Waals surface area contributed by atoms with Crippen LogP contribution in [0.5, 0.6) is 5.75 Å². The van der Waals surface area contributed by atoms with Gasteiger partial charge in [-0.05, 0) is 42.5 Å². The van der Waals surface area contributed by atoms with Crippen molar-refractivity contribution >= 4 is 32.8 Å². The van der Waals surface area contributed by atoms with Crippen molar-refractivity contribution in [3.8, 4) is 16.2 Å². The van der Waals surface area contributed by atoms with Gasteiger partial charge in [-0.1, -0.05) is 12.1 Å². The Balaban J connectivity index is 1.63. The van der Waals surface area contributed by atoms with Crippen LogP contribution in [0.3, 0.4) is 0 Å². The Hall–Kier alpha value is -2.64. The number of thiophene rings is 1. The predicted octanol–water partition coefficient (Wildman–Crippen LogP) is 3.99. The third-order valence-electron chi connectivity index (χ3n) is 4.49. The first-order valence-corrected chi connectivity index (χ1v) is 11.0. The molecule has 0 radical (unpaired) electrons. The second-order valence-electron chi connectivity index (χ2n) is 6.38. The van der Waals surface area contributed by atoms with E-state index in [0.717, 1.165) is 28.0 Å². The van der Waals surface area contributed by atoms with Gasteiger partial charge in [0.15, 0.2) is 9.84 Å². The molecule has 7 heteroatoms. The van der Waals surface area contributed by atoms with E-state index in [1.54, 1.807) is 19.2 Å². The molecule has 0 bridgehead atoms. The molecule has 0 saturated heterocycles. The van der Waals surface area contributed by atoms with E-state index in [2.05, 4.69) is 0 Å². The molecule has 1 aliphatic heterocycles. The molecule has 0 spiro atoms. The number of ether oxygens (including phenoxy) is 1. The lowest BCUT2D eigenvalue weighted by atomic mass is 10.1. The number of sulfone groups is 1. The van der Waals surface area contributed by atoms with Crippen molar-refractivity contribution < 1.29 is 17.9 Å². The van der Waals surface area contributed by atoms with Crippen LogP contribution in [0.15, 0.2) is 59.5 Å². The highest BCUT2D eigenvalue weighted by molar-refractivity contribution is 7.90. The van der Waals surface area contributed by atoms with Crippen LogP contribution in [-0.2, 0) is 16.4 Å². The van der Waals surface area contributed by atoms with Crippen LogP contribution in [0, 0.1) is 0 Å². The lowest BCUT2D eigenvalue weighted by molar-refractivity contribution is 0.0996. The topological polar surface area (TPSA) is 63.7 Å². The molecule has 5 nitrogen and oxygen atoms in total. The number of hydrogen-bond donors (Lipinski definition) is 0. The summed E-state index contributed by atoms with van der Waals surface area (Å²) < 4.78 is 28.9. The summed E-state index contributed by atoms with van der Waals surface area (Å²) in [6, 6.07) is 16.0. The zero-order valence-corrected chi connectivity index (χ0v) is 16.4. The van der Waals surface area contributed by atoms with E-state index in [1.807, 2.05) is 30.3 Å². The molecule has 3 aromatic rings. The summed E-state index contributed by atoms with van der Waals surface area (Å²) in [5.74, 6) is 0.689. The number of amides is 1. The second-order valence-corrected chi connectivity index (χ2v) is 9.45. The van der Waals surface area contributed by atoms with Gasteiger partial charge in [-0.15, -0.1) is 11.3 Å². The number of nitrogens with zero attached hydrogens (tertiary/aromatic N) is 1. The van der Waals surface area contributed by atoms with Gasteiger partial charge in [-0.2, -0.15) is 0 Å². The van der Waals surface area contributed by atoms with Gasteiger partial charge in [0.2, 0.25) is 0 Å². The van der Waals surface area contributed by atoms with E-state index >= 15 is 0 Å². The zero-order valence-electron chi connectivity index (χ0n) is 14.8. The molecule has 0 fully saturated rings. The zero-order chi connectivity index (χ0) is 19.2. The van der Waals surface area contributed by atoms with Crippen molar-refractivity contribution in [3.63, 3.8) is 0 Å². The van der Waals surface area contributed by atoms with Crippen LogP contribution in [0.2, 0.25) is 0 Å². The minimum atomic E-state index is -3.26. The summed E-state index contributed by atoms with van der Waals surface area (Å²) in [5, 5.41) is 0. The van der Waals surface area contributed by atoms with Crippen molar-refractivity contribution in [2.75, 3.05) is 18.2 Å². The van der Waals surface area contributed by atoms with Crippen LogP contribution >= 0.6 is 11.3 Å². The maximum absolute atomic E-state index is 12.9. The number of fused-ring (bicyclic) bond motifs is 3. The smallest absolute Gasteiger partial charge is 0.268 e. The van der Waals surface area contributed by atoms with Crippen LogP contribution < -0.4 is 9.64 Å². The molecule has 1 amide bonds. The number of para-hydroxylation sites is 1. The van der Waals surface area contributed by atoms with Crippen molar-refractivity contribution in [2.45, 2.75) is 11.5 Å². The quantitative estimate of drug-likeness (QED) is 0.668. The van der Waals surface area contributed by atoms with Crippen molar-refractivity contribution in [3.05, 3.63) is 65.0 Å². The summed E-state index contributed by atoms with van der Waals surface area (Å²) in [6.07, 6.45) is 1.16. The first-order valence-electron chi connectivity index (χ1n) is 8.27. The Labute approximate surface area is 161 Å². The number of carbonyl (C=O) groups excluding carboxylic acids is 1. The Morgan fingerprint density at radius 3 is 2.52 bits per heavy atom. The standard InChI is InChI=1S/C20H17NO4S2/c1-21(14-7-9-15(10-8-14)27(2,23)24)20(22)18-11-13-12-25-17-6-4-3-5-16(17)19(13)26-18/h3-11H,12H2,1-2H3. The Morgan fingerprint density at radius 2 is 1.81 bits per heavy atom. The summed E-state index contributed by atoms with van der Waals surface area (Å²) in [7, 11) is -1.58. The molecule has 0 unspecified atom stereocenters. The molecule has 1 aliphatic rings. The van der Waals surface area contributed by atoms with E-state index in [4.69, 9.17) is 4.74 Å². The van der Waals surface area contributed by atoms with Crippen LogP contribution in [-0.4, -0.2) is 27.6 Å². The van der Waals surface area contributed by atoms with Gasteiger partial charge in [0.1, 0.15) is 12.4 Å². The van der Waals surface area contributed by atoms with Crippen LogP contribution in [0.4, 0.5) is 5.69 Å². The number of carbonyl (C=O) groups is 1. The van der Waals surface area contributed by atoms with Crippen LogP contribution in [0.25, 0.3) is 10.4 Å². The van der Waals surface area contributed by atoms with Gasteiger partial charge in [0.25, 0.3) is 5.91 Å². The highest BCUT2D eigenvalue weighted by atomic mass is 32.2. The Bertz CT molecular complexity index is 1130. The number of hydrogen-bond acceptors (Lipinski definition) is 5. The number of benzene rings is 2. The molecule has 0 aliphatic carbocycles. The average Bonchev–Trinajstić information content (AvgIpc) is 3.11. The highest BCUT2D eigenvalue weighted by Gasteiger charge is 2.24. The van der Waals surface area contributed by atoms with Crippen molar-refractivity contribution in [1.82, 2.24) is 0 Å². The molecule has 2 heterocycles. The minimum Gasteiger partial charge on any atom is -0.488 e. The van der Waals surface area contributed by atoms with E-state index < -0.39 is 9.84 Å². The molecule has 0 atom stereocenters. The monoisotopic (exact) mass is 399 g/mol. The largest absolute Gasteiger partial charge is 0.488 e. The summed E-state index contributed by atoms with van der Waals surface area (Å²) in [6.45, 7) is 0.447. The Kier molecular flexibility index (Phi) is 4.28. The highest BCUT2D eigenvalue weighted by Crippen LogP contribution is 2.42. The molecular formula is C20H17NO4S2. The van der Waals surface area contributed by atoms with Gasteiger partial charge in [0, 0.05) is 35.0 Å². The summed E-state index contributed by atoms with van der Waals surface area (Å²) >= 11 is 1.45. The third kappa shape index (κ3) is 3.24. The maximum atomic E-state index is 12.9. The summed E-state index contributed by atoms with van der Waals surface area (Å²) in [5.41, 5.74) is 2.64. The molecule has 0 saturated carbocycles. The first-order chi connectivity index (χ1) is 12.8. The lowest BCUT2D eigenvalue weighted by Gasteiger charge is -2.16. The fourth-order valence-corrected chi connectivity index (χ4v) is 4.81. The second kappa shape index (κ2) is 6.51. The van der Waals surface area contributed by atoms with E-state index in [1.165, 1.54) is 28.4 Å². The molecule has 2 aromatic carbocycles. The van der Waals surface area contributed by atoms with Gasteiger partial charge in [-0.3, -0.25) is 4.79 Å². The van der Waals surface area contributed by atoms with Crippen molar-refractivity contribution in [1.29, 1.82) is 0 Å². The average molecular weight is 399 g/mol. The van der Waals surface area contributed by atoms with E-state index in [-0.39, 0.29) is 10.8 Å². The third-order valence-corrected chi connectivity index (χ3v) is 6.82. The van der Waals surface area contributed by atoms with Gasteiger partial charge in [-0.25, -0.2) is 8.42 Å². The Morgan fingerprint density at radius 1 is 1.11 bits per heavy atom. The minimum absolute atomic E-state index is 0.140. The fraction of sp³-hybridized carbons (Fsp3) is 0.150. The summed E-state index contributed by atoms with van der Waals surface area (Å²) in [4.78, 5) is 16.4. The van der Waals surface area contributed by atoms with Crippen molar-refractivity contribution in [2.24, 2.45) is 0 Å². The van der Waals surface area contributed by atoms with Gasteiger partial charge in [0.05, 0.1) is 9.77 Å². The predicted molar refractivity (Wildman–Crippen MR) is 106 cm³/mol. The normalized spacial score (nSPS) is 12.7. The SMILES string of the molecule is CN(C(=O)c1cc2c(s1)-c1ccccc1OC2)c1ccc(S(C)(=O)=O)cc1. The fourth-order valence-electron chi connectivity index (χ4n) is 3.00. The molecule has 1 aromatic heterocycles. The first kappa shape index (κ1) is 17.8. The number of anilines is 1. The van der Waals surface area contributed by atoms with E-state index in [9.17, 15) is 13.2 Å². The number of rotatable bonds is 3. The molecule has 27 heavy (non-hydrogen) atoms. The molecule has 4 rings (SSSR count). The maximum Gasteiger partial charge on any atom is 0.268 e.